The highest BCUT2D eigenvalue weighted by atomic mass is 16.7. The van der Waals surface area contributed by atoms with E-state index in [1.54, 1.807) is 0 Å². The zero-order valence-electron chi connectivity index (χ0n) is 13.5. The second-order valence-electron chi connectivity index (χ2n) is 6.33. The Morgan fingerprint density at radius 1 is 1.26 bits per heavy atom. The van der Waals surface area contributed by atoms with Crippen LogP contribution in [0.25, 0.3) is 0 Å². The van der Waals surface area contributed by atoms with E-state index in [1.807, 2.05) is 32.6 Å². The summed E-state index contributed by atoms with van der Waals surface area (Å²) < 4.78 is 11.2. The van der Waals surface area contributed by atoms with Crippen LogP contribution < -0.4 is 19.7 Å². The zero-order valence-corrected chi connectivity index (χ0v) is 13.5. The SMILES string of the molecule is CN(C)c1ccncc1NCc1cc2c(c(C3CC3)c1)OCO2. The average molecular weight is 311 g/mol. The molecule has 1 aromatic heterocycles. The van der Waals surface area contributed by atoms with Crippen molar-refractivity contribution in [2.45, 2.75) is 25.3 Å². The Bertz CT molecular complexity index is 726. The molecule has 0 unspecified atom stereocenters. The van der Waals surface area contributed by atoms with Crippen LogP contribution in [0.1, 0.15) is 29.9 Å². The maximum absolute atomic E-state index is 5.64. The van der Waals surface area contributed by atoms with Crippen LogP contribution in [0, 0.1) is 0 Å². The molecule has 0 radical (unpaired) electrons. The lowest BCUT2D eigenvalue weighted by molar-refractivity contribution is 0.173. The predicted molar refractivity (Wildman–Crippen MR) is 90.4 cm³/mol. The zero-order chi connectivity index (χ0) is 15.8. The fourth-order valence-corrected chi connectivity index (χ4v) is 3.01. The lowest BCUT2D eigenvalue weighted by atomic mass is 10.0. The molecule has 4 rings (SSSR count). The molecule has 1 N–H and O–H groups in total. The largest absolute Gasteiger partial charge is 0.454 e. The first-order valence-corrected chi connectivity index (χ1v) is 8.00. The Hall–Kier alpha value is -2.43. The molecular formula is C18H21N3O2. The number of nitrogens with zero attached hydrogens (tertiary/aromatic N) is 2. The smallest absolute Gasteiger partial charge is 0.231 e. The van der Waals surface area contributed by atoms with Crippen LogP contribution in [0.2, 0.25) is 0 Å². The summed E-state index contributed by atoms with van der Waals surface area (Å²) in [6.07, 6.45) is 6.18. The molecule has 5 heteroatoms. The molecule has 2 aliphatic rings. The number of benzene rings is 1. The monoisotopic (exact) mass is 311 g/mol. The van der Waals surface area contributed by atoms with Gasteiger partial charge in [-0.1, -0.05) is 0 Å². The minimum Gasteiger partial charge on any atom is -0.454 e. The molecule has 2 heterocycles. The first-order valence-electron chi connectivity index (χ1n) is 8.00. The molecule has 120 valence electrons. The van der Waals surface area contributed by atoms with Gasteiger partial charge in [-0.2, -0.15) is 0 Å². The van der Waals surface area contributed by atoms with E-state index in [0.29, 0.717) is 12.7 Å². The number of ether oxygens (including phenoxy) is 2. The van der Waals surface area contributed by atoms with Crippen LogP contribution in [0.4, 0.5) is 11.4 Å². The lowest BCUT2D eigenvalue weighted by Crippen LogP contribution is -2.12. The molecular weight excluding hydrogens is 290 g/mol. The van der Waals surface area contributed by atoms with E-state index in [0.717, 1.165) is 29.4 Å². The van der Waals surface area contributed by atoms with Crippen LogP contribution in [0.3, 0.4) is 0 Å². The van der Waals surface area contributed by atoms with Crippen molar-refractivity contribution in [2.24, 2.45) is 0 Å². The summed E-state index contributed by atoms with van der Waals surface area (Å²) in [5.74, 6) is 2.47. The van der Waals surface area contributed by atoms with Crippen molar-refractivity contribution in [3.8, 4) is 11.5 Å². The summed E-state index contributed by atoms with van der Waals surface area (Å²) in [5, 5.41) is 3.49. The van der Waals surface area contributed by atoms with E-state index in [4.69, 9.17) is 9.47 Å². The van der Waals surface area contributed by atoms with E-state index in [2.05, 4.69) is 27.3 Å². The van der Waals surface area contributed by atoms with Crippen molar-refractivity contribution in [3.63, 3.8) is 0 Å². The average Bonchev–Trinajstić information content (AvgIpc) is 3.30. The van der Waals surface area contributed by atoms with Gasteiger partial charge in [0, 0.05) is 32.4 Å². The van der Waals surface area contributed by atoms with Crippen molar-refractivity contribution in [3.05, 3.63) is 41.7 Å². The molecule has 0 spiro atoms. The van der Waals surface area contributed by atoms with Crippen molar-refractivity contribution >= 4 is 11.4 Å². The summed E-state index contributed by atoms with van der Waals surface area (Å²) in [5.41, 5.74) is 4.67. The second kappa shape index (κ2) is 5.65. The van der Waals surface area contributed by atoms with Gasteiger partial charge in [0.05, 0.1) is 17.6 Å². The van der Waals surface area contributed by atoms with Crippen molar-refractivity contribution in [1.82, 2.24) is 4.98 Å². The Morgan fingerprint density at radius 3 is 2.91 bits per heavy atom. The number of nitrogens with one attached hydrogen (secondary N) is 1. The summed E-state index contributed by atoms with van der Waals surface area (Å²) in [4.78, 5) is 6.30. The van der Waals surface area contributed by atoms with Crippen molar-refractivity contribution < 1.29 is 9.47 Å². The number of anilines is 2. The van der Waals surface area contributed by atoms with E-state index in [-0.39, 0.29) is 0 Å². The van der Waals surface area contributed by atoms with Crippen LogP contribution >= 0.6 is 0 Å². The van der Waals surface area contributed by atoms with Gasteiger partial charge in [-0.3, -0.25) is 4.98 Å². The molecule has 23 heavy (non-hydrogen) atoms. The summed E-state index contributed by atoms with van der Waals surface area (Å²) in [6, 6.07) is 6.34. The Kier molecular flexibility index (Phi) is 3.48. The number of fused-ring (bicyclic) bond motifs is 1. The molecule has 1 aliphatic heterocycles. The van der Waals surface area contributed by atoms with Gasteiger partial charge in [0.15, 0.2) is 11.5 Å². The minimum atomic E-state index is 0.333. The van der Waals surface area contributed by atoms with E-state index < -0.39 is 0 Å². The van der Waals surface area contributed by atoms with Gasteiger partial charge in [-0.25, -0.2) is 0 Å². The van der Waals surface area contributed by atoms with Gasteiger partial charge < -0.3 is 19.7 Å². The Labute approximate surface area is 136 Å². The van der Waals surface area contributed by atoms with Crippen molar-refractivity contribution in [2.75, 3.05) is 31.1 Å². The highest BCUT2D eigenvalue weighted by molar-refractivity contribution is 5.68. The molecule has 1 saturated carbocycles. The Morgan fingerprint density at radius 2 is 2.13 bits per heavy atom. The van der Waals surface area contributed by atoms with Crippen LogP contribution in [0.5, 0.6) is 11.5 Å². The van der Waals surface area contributed by atoms with Gasteiger partial charge in [0.1, 0.15) is 0 Å². The fraction of sp³-hybridized carbons (Fsp3) is 0.389. The van der Waals surface area contributed by atoms with E-state index in [9.17, 15) is 0 Å². The molecule has 0 amide bonds. The first-order chi connectivity index (χ1) is 11.2. The minimum absolute atomic E-state index is 0.333. The fourth-order valence-electron chi connectivity index (χ4n) is 3.01. The predicted octanol–water partition coefficient (Wildman–Crippen LogP) is 3.37. The molecule has 0 bridgehead atoms. The topological polar surface area (TPSA) is 46.6 Å². The molecule has 1 aliphatic carbocycles. The van der Waals surface area contributed by atoms with Crippen molar-refractivity contribution in [1.29, 1.82) is 0 Å². The molecule has 1 aromatic carbocycles. The summed E-state index contributed by atoms with van der Waals surface area (Å²) in [6.45, 7) is 1.07. The Balaban J connectivity index is 1.57. The van der Waals surface area contributed by atoms with Crippen LogP contribution in [-0.4, -0.2) is 25.9 Å². The highest BCUT2D eigenvalue weighted by Crippen LogP contribution is 2.49. The maximum Gasteiger partial charge on any atom is 0.231 e. The third-order valence-electron chi connectivity index (χ3n) is 4.34. The van der Waals surface area contributed by atoms with Gasteiger partial charge in [0.2, 0.25) is 6.79 Å². The first kappa shape index (κ1) is 14.2. The van der Waals surface area contributed by atoms with Gasteiger partial charge in [-0.15, -0.1) is 0 Å². The quantitative estimate of drug-likeness (QED) is 0.917. The summed E-state index contributed by atoms with van der Waals surface area (Å²) >= 11 is 0. The second-order valence-corrected chi connectivity index (χ2v) is 6.33. The van der Waals surface area contributed by atoms with Crippen LogP contribution in [0.15, 0.2) is 30.6 Å². The highest BCUT2D eigenvalue weighted by Gasteiger charge is 2.31. The van der Waals surface area contributed by atoms with Gasteiger partial charge in [-0.05, 0) is 42.5 Å². The van der Waals surface area contributed by atoms with Gasteiger partial charge >= 0.3 is 0 Å². The molecule has 2 aromatic rings. The normalized spacial score (nSPS) is 15.6. The maximum atomic E-state index is 5.64. The molecule has 0 atom stereocenters. The van der Waals surface area contributed by atoms with E-state index in [1.165, 1.54) is 24.0 Å². The third-order valence-corrected chi connectivity index (χ3v) is 4.34. The third kappa shape index (κ3) is 2.79. The molecule has 5 nitrogen and oxygen atoms in total. The number of pyridine rings is 1. The molecule has 1 fully saturated rings. The summed E-state index contributed by atoms with van der Waals surface area (Å²) in [7, 11) is 4.07. The van der Waals surface area contributed by atoms with E-state index >= 15 is 0 Å². The molecule has 0 saturated heterocycles. The van der Waals surface area contributed by atoms with Gasteiger partial charge in [0.25, 0.3) is 0 Å². The lowest BCUT2D eigenvalue weighted by Gasteiger charge is -2.18. The number of hydrogen-bond donors (Lipinski definition) is 1. The number of hydrogen-bond acceptors (Lipinski definition) is 5. The number of aromatic nitrogens is 1. The standard InChI is InChI=1S/C18H21N3O2/c1-21(2)16-5-6-19-10-15(16)20-9-12-7-14(13-3-4-13)18-17(8-12)22-11-23-18/h5-8,10,13,20H,3-4,9,11H2,1-2H3. The number of rotatable bonds is 5. The van der Waals surface area contributed by atoms with Crippen LogP contribution in [-0.2, 0) is 6.54 Å².